The van der Waals surface area contributed by atoms with Gasteiger partial charge in [-0.3, -0.25) is 9.58 Å². The molecule has 1 aromatic heterocycles. The van der Waals surface area contributed by atoms with Gasteiger partial charge in [0.25, 0.3) is 0 Å². The molecule has 2 rings (SSSR count). The molecular formula is C16H30N4. The molecule has 1 N–H and O–H groups in total. The molecule has 1 aromatic rings. The monoisotopic (exact) mass is 278 g/mol. The van der Waals surface area contributed by atoms with Gasteiger partial charge < -0.3 is 5.32 Å². The lowest BCUT2D eigenvalue weighted by molar-refractivity contribution is 0.175. The number of nitrogens with zero attached hydrogens (tertiary/aromatic N) is 3. The van der Waals surface area contributed by atoms with Crippen molar-refractivity contribution in [2.75, 3.05) is 13.1 Å². The molecule has 1 saturated heterocycles. The summed E-state index contributed by atoms with van der Waals surface area (Å²) in [5.41, 5.74) is 1.18. The van der Waals surface area contributed by atoms with Crippen molar-refractivity contribution in [1.82, 2.24) is 20.0 Å². The fourth-order valence-electron chi connectivity index (χ4n) is 2.78. The van der Waals surface area contributed by atoms with Crippen LogP contribution in [0.15, 0.2) is 12.3 Å². The summed E-state index contributed by atoms with van der Waals surface area (Å²) in [4.78, 5) is 2.54. The maximum Gasteiger partial charge on any atom is 0.0765 e. The normalized spacial score (nSPS) is 20.2. The summed E-state index contributed by atoms with van der Waals surface area (Å²) in [6, 6.07) is 3.81. The van der Waals surface area contributed by atoms with E-state index in [1.807, 2.05) is 4.68 Å². The summed E-state index contributed by atoms with van der Waals surface area (Å²) in [6.07, 6.45) is 6.10. The van der Waals surface area contributed by atoms with Crippen LogP contribution in [0, 0.1) is 0 Å². The van der Waals surface area contributed by atoms with Gasteiger partial charge in [-0.25, -0.2) is 0 Å². The van der Waals surface area contributed by atoms with Crippen molar-refractivity contribution in [2.45, 2.75) is 71.6 Å². The van der Waals surface area contributed by atoms with Crippen molar-refractivity contribution >= 4 is 0 Å². The molecule has 4 nitrogen and oxygen atoms in total. The van der Waals surface area contributed by atoms with Crippen molar-refractivity contribution in [3.8, 4) is 0 Å². The molecule has 2 heterocycles. The molecule has 1 aliphatic heterocycles. The van der Waals surface area contributed by atoms with E-state index in [-0.39, 0.29) is 0 Å². The lowest BCUT2D eigenvalue weighted by Crippen LogP contribution is -2.45. The Balaban J connectivity index is 1.93. The van der Waals surface area contributed by atoms with Crippen molar-refractivity contribution < 1.29 is 0 Å². The van der Waals surface area contributed by atoms with Crippen molar-refractivity contribution in [1.29, 1.82) is 0 Å². The first-order chi connectivity index (χ1) is 9.56. The Hall–Kier alpha value is -0.870. The van der Waals surface area contributed by atoms with Gasteiger partial charge in [-0.15, -0.1) is 0 Å². The number of hydrogen-bond acceptors (Lipinski definition) is 3. The molecule has 0 radical (unpaired) electrons. The van der Waals surface area contributed by atoms with E-state index in [0.29, 0.717) is 18.1 Å². The molecule has 0 aliphatic carbocycles. The molecule has 1 atom stereocenters. The van der Waals surface area contributed by atoms with Gasteiger partial charge in [-0.1, -0.05) is 6.42 Å². The Kier molecular flexibility index (Phi) is 5.61. The first kappa shape index (κ1) is 15.5. The van der Waals surface area contributed by atoms with Crippen LogP contribution in [0.25, 0.3) is 0 Å². The van der Waals surface area contributed by atoms with Gasteiger partial charge in [0, 0.05) is 37.4 Å². The average Bonchev–Trinajstić information content (AvgIpc) is 2.88. The summed E-state index contributed by atoms with van der Waals surface area (Å²) in [7, 11) is 0. The van der Waals surface area contributed by atoms with E-state index in [9.17, 15) is 0 Å². The van der Waals surface area contributed by atoms with Crippen LogP contribution in [0.4, 0.5) is 0 Å². The number of rotatable bonds is 6. The van der Waals surface area contributed by atoms with Crippen LogP contribution in [0.5, 0.6) is 0 Å². The first-order valence-corrected chi connectivity index (χ1v) is 8.07. The molecule has 20 heavy (non-hydrogen) atoms. The van der Waals surface area contributed by atoms with Gasteiger partial charge in [0.05, 0.1) is 5.69 Å². The number of aromatic nitrogens is 2. The zero-order valence-corrected chi connectivity index (χ0v) is 13.5. The summed E-state index contributed by atoms with van der Waals surface area (Å²) >= 11 is 0. The van der Waals surface area contributed by atoms with Gasteiger partial charge in [0.1, 0.15) is 0 Å². The third-order valence-corrected chi connectivity index (χ3v) is 4.16. The Bertz CT molecular complexity index is 391. The Morgan fingerprint density at radius 3 is 2.70 bits per heavy atom. The second-order valence-corrected chi connectivity index (χ2v) is 6.55. The maximum absolute atomic E-state index is 4.68. The van der Waals surface area contributed by atoms with E-state index in [1.54, 1.807) is 0 Å². The molecule has 0 spiro atoms. The predicted molar refractivity (Wildman–Crippen MR) is 83.8 cm³/mol. The van der Waals surface area contributed by atoms with Crippen LogP contribution in [-0.2, 0) is 6.54 Å². The molecule has 0 bridgehead atoms. The molecule has 4 heteroatoms. The van der Waals surface area contributed by atoms with Gasteiger partial charge in [-0.2, -0.15) is 5.10 Å². The van der Waals surface area contributed by atoms with Crippen molar-refractivity contribution in [3.05, 3.63) is 18.0 Å². The van der Waals surface area contributed by atoms with Crippen LogP contribution in [-0.4, -0.2) is 39.9 Å². The quantitative estimate of drug-likeness (QED) is 0.868. The van der Waals surface area contributed by atoms with Crippen LogP contribution in [0.2, 0.25) is 0 Å². The number of nitrogens with one attached hydrogen (secondary N) is 1. The zero-order valence-electron chi connectivity index (χ0n) is 13.5. The average molecular weight is 278 g/mol. The minimum absolute atomic E-state index is 0.441. The topological polar surface area (TPSA) is 33.1 Å². The molecule has 1 fully saturated rings. The van der Waals surface area contributed by atoms with Crippen LogP contribution in [0.1, 0.15) is 58.7 Å². The summed E-state index contributed by atoms with van der Waals surface area (Å²) < 4.78 is 2.05. The smallest absolute Gasteiger partial charge is 0.0765 e. The van der Waals surface area contributed by atoms with E-state index in [1.165, 1.54) is 31.5 Å². The summed E-state index contributed by atoms with van der Waals surface area (Å²) in [6.45, 7) is 12.2. The minimum Gasteiger partial charge on any atom is -0.313 e. The van der Waals surface area contributed by atoms with E-state index in [0.717, 1.165) is 13.1 Å². The standard InChI is InChI=1S/C16H30N4/c1-13(2)19(11-15-7-5-6-9-17-15)12-16-8-10-20(18-16)14(3)4/h8,10,13-15,17H,5-7,9,11-12H2,1-4H3. The fraction of sp³-hybridized carbons (Fsp3) is 0.812. The summed E-state index contributed by atoms with van der Waals surface area (Å²) in [5.74, 6) is 0. The molecule has 1 unspecified atom stereocenters. The number of piperidine rings is 1. The van der Waals surface area contributed by atoms with E-state index < -0.39 is 0 Å². The minimum atomic E-state index is 0.441. The van der Waals surface area contributed by atoms with Crippen LogP contribution < -0.4 is 5.32 Å². The third-order valence-electron chi connectivity index (χ3n) is 4.16. The third kappa shape index (κ3) is 4.32. The van der Waals surface area contributed by atoms with Crippen LogP contribution >= 0.6 is 0 Å². The highest BCUT2D eigenvalue weighted by molar-refractivity contribution is 5.00. The van der Waals surface area contributed by atoms with Gasteiger partial charge >= 0.3 is 0 Å². The van der Waals surface area contributed by atoms with Gasteiger partial charge in [0.2, 0.25) is 0 Å². The SMILES string of the molecule is CC(C)N(Cc1ccn(C(C)C)n1)CC1CCCCN1. The Labute approximate surface area is 123 Å². The lowest BCUT2D eigenvalue weighted by atomic mass is 10.0. The molecular weight excluding hydrogens is 248 g/mol. The zero-order chi connectivity index (χ0) is 14.5. The largest absolute Gasteiger partial charge is 0.313 e. The Morgan fingerprint density at radius 1 is 1.35 bits per heavy atom. The molecule has 0 saturated carbocycles. The number of hydrogen-bond donors (Lipinski definition) is 1. The van der Waals surface area contributed by atoms with Gasteiger partial charge in [-0.05, 0) is 53.1 Å². The Morgan fingerprint density at radius 2 is 2.15 bits per heavy atom. The van der Waals surface area contributed by atoms with E-state index in [4.69, 9.17) is 0 Å². The molecule has 0 aromatic carbocycles. The summed E-state index contributed by atoms with van der Waals surface area (Å²) in [5, 5.41) is 8.33. The fourth-order valence-corrected chi connectivity index (χ4v) is 2.78. The van der Waals surface area contributed by atoms with Crippen LogP contribution in [0.3, 0.4) is 0 Å². The van der Waals surface area contributed by atoms with Crippen molar-refractivity contribution in [3.63, 3.8) is 0 Å². The molecule has 114 valence electrons. The van der Waals surface area contributed by atoms with E-state index >= 15 is 0 Å². The highest BCUT2D eigenvalue weighted by atomic mass is 15.3. The second-order valence-electron chi connectivity index (χ2n) is 6.55. The predicted octanol–water partition coefficient (Wildman–Crippen LogP) is 2.82. The molecule has 1 aliphatic rings. The highest BCUT2D eigenvalue weighted by Crippen LogP contribution is 2.13. The maximum atomic E-state index is 4.68. The highest BCUT2D eigenvalue weighted by Gasteiger charge is 2.19. The first-order valence-electron chi connectivity index (χ1n) is 8.07. The lowest BCUT2D eigenvalue weighted by Gasteiger charge is -2.32. The molecule has 0 amide bonds. The van der Waals surface area contributed by atoms with Crippen molar-refractivity contribution in [2.24, 2.45) is 0 Å². The van der Waals surface area contributed by atoms with Gasteiger partial charge in [0.15, 0.2) is 0 Å². The van der Waals surface area contributed by atoms with E-state index in [2.05, 4.69) is 55.3 Å². The second kappa shape index (κ2) is 7.23.